The molecule has 5 rings (SSSR count). The number of aryl methyl sites for hydroxylation is 1. The number of aromatic nitrogens is 4. The SMILES string of the molecule is Cc1ccc(-c2noc(CN(C=O)[C@H]3CCCO3)n2)cc1NC(=O)c1cnc2ccccn12. The first-order chi connectivity index (χ1) is 16.1. The molecule has 1 atom stereocenters. The van der Waals surface area contributed by atoms with Gasteiger partial charge in [0.25, 0.3) is 5.91 Å². The van der Waals surface area contributed by atoms with Crippen molar-refractivity contribution in [2.24, 2.45) is 0 Å². The summed E-state index contributed by atoms with van der Waals surface area (Å²) < 4.78 is 12.6. The summed E-state index contributed by atoms with van der Waals surface area (Å²) in [5.74, 6) is 0.402. The van der Waals surface area contributed by atoms with E-state index >= 15 is 0 Å². The Morgan fingerprint density at radius 2 is 2.24 bits per heavy atom. The molecule has 0 bridgehead atoms. The first-order valence-electron chi connectivity index (χ1n) is 10.6. The van der Waals surface area contributed by atoms with Gasteiger partial charge < -0.3 is 19.5 Å². The van der Waals surface area contributed by atoms with Crippen molar-refractivity contribution in [3.05, 3.63) is 65.9 Å². The van der Waals surface area contributed by atoms with Gasteiger partial charge in [0.1, 0.15) is 24.1 Å². The minimum Gasteiger partial charge on any atom is -0.358 e. The highest BCUT2D eigenvalue weighted by Crippen LogP contribution is 2.25. The molecular formula is C23H22N6O4. The van der Waals surface area contributed by atoms with Gasteiger partial charge in [-0.15, -0.1) is 0 Å². The molecule has 2 amide bonds. The van der Waals surface area contributed by atoms with Crippen LogP contribution in [-0.2, 0) is 16.1 Å². The van der Waals surface area contributed by atoms with Crippen LogP contribution in [0.2, 0.25) is 0 Å². The van der Waals surface area contributed by atoms with Gasteiger partial charge in [-0.1, -0.05) is 23.4 Å². The number of hydrogen-bond acceptors (Lipinski definition) is 7. The third-order valence-electron chi connectivity index (χ3n) is 5.59. The van der Waals surface area contributed by atoms with Crippen molar-refractivity contribution in [1.29, 1.82) is 0 Å². The van der Waals surface area contributed by atoms with Crippen molar-refractivity contribution in [3.63, 3.8) is 0 Å². The van der Waals surface area contributed by atoms with E-state index in [-0.39, 0.29) is 18.7 Å². The van der Waals surface area contributed by atoms with Crippen LogP contribution in [-0.4, -0.2) is 49.6 Å². The van der Waals surface area contributed by atoms with E-state index in [4.69, 9.17) is 9.26 Å². The molecule has 10 nitrogen and oxygen atoms in total. The molecule has 1 saturated heterocycles. The number of ether oxygens (including phenoxy) is 1. The Morgan fingerprint density at radius 1 is 1.33 bits per heavy atom. The maximum atomic E-state index is 12.9. The molecule has 168 valence electrons. The molecule has 0 unspecified atom stereocenters. The normalized spacial score (nSPS) is 15.6. The summed E-state index contributed by atoms with van der Waals surface area (Å²) in [6, 6.07) is 11.1. The van der Waals surface area contributed by atoms with Crippen molar-refractivity contribution < 1.29 is 18.8 Å². The van der Waals surface area contributed by atoms with Gasteiger partial charge in [0.2, 0.25) is 18.1 Å². The van der Waals surface area contributed by atoms with E-state index in [1.165, 1.54) is 4.90 Å². The van der Waals surface area contributed by atoms with E-state index in [0.717, 1.165) is 24.8 Å². The Hall–Kier alpha value is -4.05. The third-order valence-corrected chi connectivity index (χ3v) is 5.59. The van der Waals surface area contributed by atoms with Crippen LogP contribution in [0, 0.1) is 6.92 Å². The van der Waals surface area contributed by atoms with E-state index < -0.39 is 0 Å². The predicted molar refractivity (Wildman–Crippen MR) is 118 cm³/mol. The van der Waals surface area contributed by atoms with Crippen LogP contribution in [0.4, 0.5) is 5.69 Å². The number of carbonyl (C=O) groups excluding carboxylic acids is 2. The average molecular weight is 446 g/mol. The van der Waals surface area contributed by atoms with Crippen molar-refractivity contribution in [2.75, 3.05) is 11.9 Å². The summed E-state index contributed by atoms with van der Waals surface area (Å²) in [6.07, 6.45) is 5.51. The van der Waals surface area contributed by atoms with E-state index in [0.29, 0.717) is 40.9 Å². The fraction of sp³-hybridized carbons (Fsp3) is 0.261. The third kappa shape index (κ3) is 4.20. The highest BCUT2D eigenvalue weighted by atomic mass is 16.5. The molecule has 0 aliphatic carbocycles. The van der Waals surface area contributed by atoms with E-state index in [9.17, 15) is 9.59 Å². The number of nitrogens with one attached hydrogen (secondary N) is 1. The zero-order valence-corrected chi connectivity index (χ0v) is 18.0. The maximum Gasteiger partial charge on any atom is 0.274 e. The molecule has 33 heavy (non-hydrogen) atoms. The summed E-state index contributed by atoms with van der Waals surface area (Å²) in [7, 11) is 0. The van der Waals surface area contributed by atoms with Gasteiger partial charge in [0, 0.05) is 24.1 Å². The largest absolute Gasteiger partial charge is 0.358 e. The second kappa shape index (κ2) is 8.83. The maximum absolute atomic E-state index is 12.9. The molecule has 1 aliphatic rings. The second-order valence-corrected chi connectivity index (χ2v) is 7.81. The van der Waals surface area contributed by atoms with E-state index in [2.05, 4.69) is 20.4 Å². The summed E-state index contributed by atoms with van der Waals surface area (Å²) >= 11 is 0. The highest BCUT2D eigenvalue weighted by molar-refractivity contribution is 6.04. The van der Waals surface area contributed by atoms with Crippen molar-refractivity contribution in [3.8, 4) is 11.4 Å². The molecule has 1 aliphatic heterocycles. The number of amides is 2. The molecule has 1 fully saturated rings. The molecule has 10 heteroatoms. The van der Waals surface area contributed by atoms with Gasteiger partial charge in [-0.05, 0) is 43.5 Å². The highest BCUT2D eigenvalue weighted by Gasteiger charge is 2.24. The molecule has 3 aromatic heterocycles. The Kier molecular flexibility index (Phi) is 5.57. The number of nitrogens with zero attached hydrogens (tertiary/aromatic N) is 5. The van der Waals surface area contributed by atoms with Crippen molar-refractivity contribution in [1.82, 2.24) is 24.4 Å². The van der Waals surface area contributed by atoms with Gasteiger partial charge in [-0.2, -0.15) is 4.98 Å². The first-order valence-corrected chi connectivity index (χ1v) is 10.6. The van der Waals surface area contributed by atoms with Crippen LogP contribution in [0.3, 0.4) is 0 Å². The lowest BCUT2D eigenvalue weighted by Gasteiger charge is -2.21. The summed E-state index contributed by atoms with van der Waals surface area (Å²) in [6.45, 7) is 2.71. The fourth-order valence-corrected chi connectivity index (χ4v) is 3.80. The Labute approximate surface area is 189 Å². The van der Waals surface area contributed by atoms with Crippen LogP contribution in [0.25, 0.3) is 17.0 Å². The van der Waals surface area contributed by atoms with Gasteiger partial charge >= 0.3 is 0 Å². The molecule has 0 radical (unpaired) electrons. The lowest BCUT2D eigenvalue weighted by molar-refractivity contribution is -0.130. The number of fused-ring (bicyclic) bond motifs is 1. The second-order valence-electron chi connectivity index (χ2n) is 7.81. The van der Waals surface area contributed by atoms with Gasteiger partial charge in [0.15, 0.2) is 0 Å². The van der Waals surface area contributed by atoms with Crippen molar-refractivity contribution >= 4 is 23.7 Å². The van der Waals surface area contributed by atoms with E-state index in [1.807, 2.05) is 37.3 Å². The number of anilines is 1. The quantitative estimate of drug-likeness (QED) is 0.434. The topological polar surface area (TPSA) is 115 Å². The fourth-order valence-electron chi connectivity index (χ4n) is 3.80. The van der Waals surface area contributed by atoms with Gasteiger partial charge in [-0.3, -0.25) is 14.0 Å². The number of benzene rings is 1. The van der Waals surface area contributed by atoms with Crippen LogP contribution >= 0.6 is 0 Å². The van der Waals surface area contributed by atoms with Gasteiger partial charge in [0.05, 0.1) is 6.20 Å². The summed E-state index contributed by atoms with van der Waals surface area (Å²) in [4.78, 5) is 34.5. The number of rotatable bonds is 7. The number of imidazole rings is 1. The lowest BCUT2D eigenvalue weighted by atomic mass is 10.1. The molecular weight excluding hydrogens is 424 g/mol. The van der Waals surface area contributed by atoms with Gasteiger partial charge in [-0.25, -0.2) is 4.98 Å². The minimum atomic E-state index is -0.277. The van der Waals surface area contributed by atoms with Crippen LogP contribution in [0.5, 0.6) is 0 Å². The Morgan fingerprint density at radius 3 is 3.06 bits per heavy atom. The Balaban J connectivity index is 1.34. The Bertz CT molecular complexity index is 1310. The zero-order chi connectivity index (χ0) is 22.8. The number of hydrogen-bond donors (Lipinski definition) is 1. The summed E-state index contributed by atoms with van der Waals surface area (Å²) in [5, 5.41) is 6.99. The van der Waals surface area contributed by atoms with Crippen LogP contribution < -0.4 is 5.32 Å². The monoisotopic (exact) mass is 446 g/mol. The molecule has 1 N–H and O–H groups in total. The molecule has 0 saturated carbocycles. The smallest absolute Gasteiger partial charge is 0.274 e. The van der Waals surface area contributed by atoms with Crippen LogP contribution in [0.15, 0.2) is 53.3 Å². The van der Waals surface area contributed by atoms with Crippen molar-refractivity contribution in [2.45, 2.75) is 32.5 Å². The number of carbonyl (C=O) groups is 2. The zero-order valence-electron chi connectivity index (χ0n) is 18.0. The average Bonchev–Trinajstić information content (AvgIpc) is 3.59. The number of pyridine rings is 1. The molecule has 4 aromatic rings. The summed E-state index contributed by atoms with van der Waals surface area (Å²) in [5.41, 5.74) is 3.32. The van der Waals surface area contributed by atoms with E-state index in [1.54, 1.807) is 22.9 Å². The molecule has 1 aromatic carbocycles. The molecule has 4 heterocycles. The predicted octanol–water partition coefficient (Wildman–Crippen LogP) is 3.04. The van der Waals surface area contributed by atoms with Crippen LogP contribution in [0.1, 0.15) is 34.8 Å². The minimum absolute atomic E-state index is 0.172. The first kappa shape index (κ1) is 20.8. The molecule has 0 spiro atoms. The standard InChI is InChI=1S/C23H22N6O4/c1-15-7-8-16(22-26-20(33-27-22)13-28(14-30)21-6-4-10-32-21)11-17(15)25-23(31)18-12-24-19-5-2-3-9-29(18)19/h2-3,5,7-9,11-12,14,21H,4,6,10,13H2,1H3,(H,25,31)/t21-/m1/s1. The lowest BCUT2D eigenvalue weighted by Crippen LogP contribution is -2.33.